The first kappa shape index (κ1) is 21.2. The van der Waals surface area contributed by atoms with Crippen molar-refractivity contribution in [3.8, 4) is 0 Å². The second kappa shape index (κ2) is 8.71. The number of imide groups is 1. The summed E-state index contributed by atoms with van der Waals surface area (Å²) in [5.41, 5.74) is 3.21. The molecule has 1 aromatic heterocycles. The molecule has 0 spiro atoms. The average molecular weight is 461 g/mol. The molecule has 3 heterocycles. The second-order valence-corrected chi connectivity index (χ2v) is 9.00. The molecule has 4 amide bonds. The maximum absolute atomic E-state index is 13.5. The predicted molar refractivity (Wildman–Crippen MR) is 124 cm³/mol. The predicted octanol–water partition coefficient (Wildman–Crippen LogP) is 3.92. The van der Waals surface area contributed by atoms with Crippen molar-refractivity contribution in [3.63, 3.8) is 0 Å². The van der Waals surface area contributed by atoms with Crippen LogP contribution in [0.3, 0.4) is 0 Å². The van der Waals surface area contributed by atoms with Crippen LogP contribution in [-0.2, 0) is 22.6 Å². The molecule has 0 bridgehead atoms. The van der Waals surface area contributed by atoms with Gasteiger partial charge in [-0.15, -0.1) is 11.8 Å². The number of hydrogen-bond donors (Lipinski definition) is 1. The summed E-state index contributed by atoms with van der Waals surface area (Å²) in [6.45, 7) is 1.88. The van der Waals surface area contributed by atoms with E-state index in [1.54, 1.807) is 12.1 Å². The number of aryl methyl sites for hydroxylation is 1. The molecule has 0 radical (unpaired) electrons. The lowest BCUT2D eigenvalue weighted by molar-refractivity contribution is -0.426. The molecule has 5 rings (SSSR count). The van der Waals surface area contributed by atoms with Crippen molar-refractivity contribution in [2.45, 2.75) is 30.0 Å². The monoisotopic (exact) mass is 460 g/mol. The lowest BCUT2D eigenvalue weighted by Gasteiger charge is -2.24. The van der Waals surface area contributed by atoms with E-state index >= 15 is 0 Å². The number of hydrogen-bond acceptors (Lipinski definition) is 5. The average Bonchev–Trinajstić information content (AvgIpc) is 3.48. The zero-order valence-electron chi connectivity index (χ0n) is 18.0. The summed E-state index contributed by atoms with van der Waals surface area (Å²) >= 11 is 1.40. The minimum atomic E-state index is -0.591. The van der Waals surface area contributed by atoms with Gasteiger partial charge < -0.3 is 9.73 Å². The van der Waals surface area contributed by atoms with Crippen molar-refractivity contribution in [1.82, 2.24) is 4.90 Å². The SMILES string of the molecule is CCc1ccc(NC(=O)C[N+]2=C3c4ccccc4SC3C(=O)N(Cc3ccco3)C2=O)cc1. The first-order valence-corrected chi connectivity index (χ1v) is 11.6. The third kappa shape index (κ3) is 3.98. The molecule has 2 aromatic carbocycles. The summed E-state index contributed by atoms with van der Waals surface area (Å²) in [6, 6.07) is 18.1. The summed E-state index contributed by atoms with van der Waals surface area (Å²) < 4.78 is 6.78. The fraction of sp³-hybridized carbons (Fsp3) is 0.200. The number of nitrogens with one attached hydrogen (secondary N) is 1. The topological polar surface area (TPSA) is 82.6 Å². The van der Waals surface area contributed by atoms with Gasteiger partial charge in [0, 0.05) is 16.1 Å². The van der Waals surface area contributed by atoms with Crippen LogP contribution in [-0.4, -0.2) is 44.8 Å². The van der Waals surface area contributed by atoms with Crippen molar-refractivity contribution in [1.29, 1.82) is 0 Å². The van der Waals surface area contributed by atoms with Crippen LogP contribution in [0.2, 0.25) is 0 Å². The summed E-state index contributed by atoms with van der Waals surface area (Å²) in [6.07, 6.45) is 2.41. The van der Waals surface area contributed by atoms with Crippen molar-refractivity contribution in [2.24, 2.45) is 0 Å². The highest BCUT2D eigenvalue weighted by molar-refractivity contribution is 8.02. The van der Waals surface area contributed by atoms with E-state index in [1.165, 1.54) is 28.2 Å². The maximum atomic E-state index is 13.5. The van der Waals surface area contributed by atoms with E-state index in [9.17, 15) is 14.4 Å². The second-order valence-electron chi connectivity index (χ2n) is 7.85. The van der Waals surface area contributed by atoms with Crippen LogP contribution in [0, 0.1) is 0 Å². The van der Waals surface area contributed by atoms with E-state index in [2.05, 4.69) is 12.2 Å². The maximum Gasteiger partial charge on any atom is 0.501 e. The molecular weight excluding hydrogens is 438 g/mol. The van der Waals surface area contributed by atoms with Crippen LogP contribution in [0.25, 0.3) is 0 Å². The van der Waals surface area contributed by atoms with Crippen molar-refractivity contribution in [2.75, 3.05) is 11.9 Å². The number of urea groups is 1. The Hall–Kier alpha value is -3.65. The van der Waals surface area contributed by atoms with Crippen molar-refractivity contribution < 1.29 is 23.4 Å². The van der Waals surface area contributed by atoms with E-state index in [-0.39, 0.29) is 24.9 Å². The fourth-order valence-corrected chi connectivity index (χ4v) is 5.37. The molecule has 1 N–H and O–H groups in total. The summed E-state index contributed by atoms with van der Waals surface area (Å²) in [4.78, 5) is 41.8. The number of furan rings is 1. The van der Waals surface area contributed by atoms with E-state index < -0.39 is 11.3 Å². The van der Waals surface area contributed by atoms with Gasteiger partial charge in [-0.3, -0.25) is 4.79 Å². The van der Waals surface area contributed by atoms with E-state index in [0.29, 0.717) is 17.2 Å². The Bertz CT molecular complexity index is 1270. The fourth-order valence-electron chi connectivity index (χ4n) is 4.07. The molecule has 3 aromatic rings. The lowest BCUT2D eigenvalue weighted by atomic mass is 10.0. The Labute approximate surface area is 195 Å². The summed E-state index contributed by atoms with van der Waals surface area (Å²) in [5.74, 6) is -0.138. The van der Waals surface area contributed by atoms with E-state index in [1.807, 2.05) is 48.5 Å². The Morgan fingerprint density at radius 2 is 1.88 bits per heavy atom. The number of rotatable bonds is 6. The van der Waals surface area contributed by atoms with Crippen LogP contribution >= 0.6 is 11.8 Å². The molecule has 33 heavy (non-hydrogen) atoms. The van der Waals surface area contributed by atoms with E-state index in [4.69, 9.17) is 4.42 Å². The minimum Gasteiger partial charge on any atom is -0.465 e. The van der Waals surface area contributed by atoms with Gasteiger partial charge in [-0.1, -0.05) is 31.2 Å². The number of amides is 4. The van der Waals surface area contributed by atoms with Gasteiger partial charge in [0.2, 0.25) is 0 Å². The van der Waals surface area contributed by atoms with Gasteiger partial charge in [0.1, 0.15) is 11.5 Å². The molecule has 7 nitrogen and oxygen atoms in total. The van der Waals surface area contributed by atoms with Crippen molar-refractivity contribution in [3.05, 3.63) is 83.8 Å². The van der Waals surface area contributed by atoms with Gasteiger partial charge in [-0.2, -0.15) is 14.3 Å². The zero-order chi connectivity index (χ0) is 22.9. The quantitative estimate of drug-likeness (QED) is 0.564. The molecule has 0 fully saturated rings. The van der Waals surface area contributed by atoms with Crippen molar-refractivity contribution >= 4 is 41.0 Å². The van der Waals surface area contributed by atoms with Crippen LogP contribution in [0.15, 0.2) is 76.2 Å². The molecule has 1 atom stereocenters. The van der Waals surface area contributed by atoms with Gasteiger partial charge in [-0.05, 0) is 48.4 Å². The molecule has 8 heteroatoms. The Morgan fingerprint density at radius 1 is 1.09 bits per heavy atom. The minimum absolute atomic E-state index is 0.0158. The van der Waals surface area contributed by atoms with Crippen LogP contribution in [0.5, 0.6) is 0 Å². The highest BCUT2D eigenvalue weighted by Crippen LogP contribution is 2.40. The highest BCUT2D eigenvalue weighted by Gasteiger charge is 2.53. The number of nitrogens with zero attached hydrogens (tertiary/aromatic N) is 2. The lowest BCUT2D eigenvalue weighted by Crippen LogP contribution is -2.56. The number of fused-ring (bicyclic) bond motifs is 3. The molecule has 2 aliphatic rings. The smallest absolute Gasteiger partial charge is 0.465 e. The number of carbonyl (C=O) groups excluding carboxylic acids is 3. The highest BCUT2D eigenvalue weighted by atomic mass is 32.2. The molecule has 0 saturated heterocycles. The Balaban J connectivity index is 1.48. The van der Waals surface area contributed by atoms with Crippen LogP contribution in [0.1, 0.15) is 23.8 Å². The molecule has 0 aliphatic carbocycles. The third-order valence-corrected chi connectivity index (χ3v) is 7.01. The Kier molecular flexibility index (Phi) is 5.60. The third-order valence-electron chi connectivity index (χ3n) is 5.74. The molecule has 2 aliphatic heterocycles. The van der Waals surface area contributed by atoms with Gasteiger partial charge >= 0.3 is 11.9 Å². The summed E-state index contributed by atoms with van der Waals surface area (Å²) in [7, 11) is 0. The van der Waals surface area contributed by atoms with Gasteiger partial charge in [0.05, 0.1) is 6.26 Å². The molecule has 166 valence electrons. The Morgan fingerprint density at radius 3 is 2.61 bits per heavy atom. The van der Waals surface area contributed by atoms with Gasteiger partial charge in [0.25, 0.3) is 5.91 Å². The normalized spacial score (nSPS) is 17.2. The first-order chi connectivity index (χ1) is 16.0. The molecule has 0 saturated carbocycles. The zero-order valence-corrected chi connectivity index (χ0v) is 18.8. The summed E-state index contributed by atoms with van der Waals surface area (Å²) in [5, 5.41) is 2.27. The van der Waals surface area contributed by atoms with Gasteiger partial charge in [-0.25, -0.2) is 4.79 Å². The van der Waals surface area contributed by atoms with Crippen LogP contribution < -0.4 is 5.32 Å². The first-order valence-electron chi connectivity index (χ1n) is 10.7. The number of anilines is 1. The standard InChI is InChI=1S/C25H21N3O4S/c1-2-16-9-11-17(12-10-16)26-21(29)15-27-22-19-7-3-4-8-20(19)33-23(22)24(30)28(25(27)31)14-18-6-5-13-32-18/h3-13,23H,2,14-15H2,1H3/p+1. The number of benzene rings is 2. The van der Waals surface area contributed by atoms with Gasteiger partial charge in [0.15, 0.2) is 18.3 Å². The van der Waals surface area contributed by atoms with E-state index in [0.717, 1.165) is 21.8 Å². The largest absolute Gasteiger partial charge is 0.501 e. The number of carbonyl (C=O) groups is 3. The molecule has 1 unspecified atom stereocenters. The van der Waals surface area contributed by atoms with Crippen LogP contribution in [0.4, 0.5) is 10.5 Å². The number of thioether (sulfide) groups is 1. The molecular formula is C25H22N3O4S+.